The smallest absolute Gasteiger partial charge is 0.247 e. The lowest BCUT2D eigenvalue weighted by Gasteiger charge is -2.24. The Labute approximate surface area is 112 Å². The largest absolute Gasteiger partial charge is 0.419 e. The first-order valence-corrected chi connectivity index (χ1v) is 6.51. The van der Waals surface area contributed by atoms with Crippen molar-refractivity contribution in [1.29, 1.82) is 0 Å². The molecule has 19 heavy (non-hydrogen) atoms. The van der Waals surface area contributed by atoms with Crippen LogP contribution in [0.4, 0.5) is 0 Å². The van der Waals surface area contributed by atoms with E-state index >= 15 is 0 Å². The predicted octanol–water partition coefficient (Wildman–Crippen LogP) is 1.88. The molecule has 0 spiro atoms. The van der Waals surface area contributed by atoms with Crippen molar-refractivity contribution in [3.8, 4) is 11.5 Å². The van der Waals surface area contributed by atoms with Crippen LogP contribution in [0.5, 0.6) is 0 Å². The molecule has 5 heteroatoms. The number of rotatable bonds is 3. The molecule has 0 radical (unpaired) electrons. The molecule has 3 rings (SSSR count). The third-order valence-corrected chi connectivity index (χ3v) is 3.19. The highest BCUT2D eigenvalue weighted by Gasteiger charge is 2.15. The van der Waals surface area contributed by atoms with E-state index in [1.54, 1.807) is 0 Å². The van der Waals surface area contributed by atoms with E-state index in [1.807, 2.05) is 18.2 Å². The third-order valence-electron chi connectivity index (χ3n) is 3.19. The first kappa shape index (κ1) is 12.3. The zero-order chi connectivity index (χ0) is 13.1. The lowest BCUT2D eigenvalue weighted by Crippen LogP contribution is -2.35. The second kappa shape index (κ2) is 5.50. The Morgan fingerprint density at radius 2 is 2.05 bits per heavy atom. The van der Waals surface area contributed by atoms with Gasteiger partial charge in [0.2, 0.25) is 11.8 Å². The van der Waals surface area contributed by atoms with E-state index < -0.39 is 0 Å². The molecule has 0 N–H and O–H groups in total. The van der Waals surface area contributed by atoms with Crippen molar-refractivity contribution in [1.82, 2.24) is 15.1 Å². The van der Waals surface area contributed by atoms with Gasteiger partial charge in [0.25, 0.3) is 0 Å². The maximum Gasteiger partial charge on any atom is 0.247 e. The second-order valence-corrected chi connectivity index (χ2v) is 4.76. The Kier molecular flexibility index (Phi) is 3.57. The minimum absolute atomic E-state index is 0.590. The molecular formula is C14H17N3O2. The lowest BCUT2D eigenvalue weighted by molar-refractivity contribution is 0.0306. The number of ether oxygens (including phenoxy) is 1. The van der Waals surface area contributed by atoms with Gasteiger partial charge in [0.1, 0.15) is 0 Å². The van der Waals surface area contributed by atoms with Crippen LogP contribution in [-0.4, -0.2) is 41.4 Å². The van der Waals surface area contributed by atoms with Gasteiger partial charge in [-0.25, -0.2) is 0 Å². The summed E-state index contributed by atoms with van der Waals surface area (Å²) in [7, 11) is 0. The van der Waals surface area contributed by atoms with Gasteiger partial charge in [-0.3, -0.25) is 4.90 Å². The molecule has 0 unspecified atom stereocenters. The Hall–Kier alpha value is -1.72. The molecule has 1 aromatic heterocycles. The number of benzene rings is 1. The van der Waals surface area contributed by atoms with E-state index in [0.29, 0.717) is 18.3 Å². The van der Waals surface area contributed by atoms with Crippen molar-refractivity contribution >= 4 is 0 Å². The fraction of sp³-hybridized carbons (Fsp3) is 0.429. The van der Waals surface area contributed by atoms with Gasteiger partial charge in [0.05, 0.1) is 19.8 Å². The molecule has 0 atom stereocenters. The topological polar surface area (TPSA) is 51.4 Å². The van der Waals surface area contributed by atoms with E-state index in [4.69, 9.17) is 9.15 Å². The van der Waals surface area contributed by atoms with Gasteiger partial charge in [-0.15, -0.1) is 10.2 Å². The highest BCUT2D eigenvalue weighted by Crippen LogP contribution is 2.19. The summed E-state index contributed by atoms with van der Waals surface area (Å²) in [6.45, 7) is 6.14. The van der Waals surface area contributed by atoms with Crippen LogP contribution in [0.2, 0.25) is 0 Å². The zero-order valence-electron chi connectivity index (χ0n) is 11.0. The molecule has 1 aliphatic rings. The van der Waals surface area contributed by atoms with E-state index in [9.17, 15) is 0 Å². The zero-order valence-corrected chi connectivity index (χ0v) is 11.0. The van der Waals surface area contributed by atoms with Gasteiger partial charge in [0.15, 0.2) is 0 Å². The quantitative estimate of drug-likeness (QED) is 0.842. The number of morpholine rings is 1. The van der Waals surface area contributed by atoms with Gasteiger partial charge in [-0.1, -0.05) is 17.7 Å². The van der Waals surface area contributed by atoms with Gasteiger partial charge in [-0.2, -0.15) is 0 Å². The number of aryl methyl sites for hydroxylation is 1. The SMILES string of the molecule is Cc1cccc(-c2nnc(CN3CCOCC3)o2)c1. The first-order valence-electron chi connectivity index (χ1n) is 6.51. The maximum atomic E-state index is 5.72. The predicted molar refractivity (Wildman–Crippen MR) is 70.6 cm³/mol. The molecule has 5 nitrogen and oxygen atoms in total. The molecule has 100 valence electrons. The van der Waals surface area contributed by atoms with Crippen molar-refractivity contribution in [3.63, 3.8) is 0 Å². The van der Waals surface area contributed by atoms with Crippen molar-refractivity contribution in [2.24, 2.45) is 0 Å². The maximum absolute atomic E-state index is 5.72. The number of hydrogen-bond donors (Lipinski definition) is 0. The van der Waals surface area contributed by atoms with E-state index in [1.165, 1.54) is 5.56 Å². The summed E-state index contributed by atoms with van der Waals surface area (Å²) < 4.78 is 11.0. The first-order chi connectivity index (χ1) is 9.31. The average molecular weight is 259 g/mol. The van der Waals surface area contributed by atoms with Crippen LogP contribution in [0.3, 0.4) is 0 Å². The molecule has 1 saturated heterocycles. The summed E-state index contributed by atoms with van der Waals surface area (Å²) in [4.78, 5) is 2.26. The number of aromatic nitrogens is 2. The summed E-state index contributed by atoms with van der Waals surface area (Å²) in [5.74, 6) is 1.25. The molecule has 2 aromatic rings. The normalized spacial score (nSPS) is 16.7. The fourth-order valence-electron chi connectivity index (χ4n) is 2.16. The Bertz CT molecular complexity index is 547. The van der Waals surface area contributed by atoms with Crippen molar-refractivity contribution in [2.45, 2.75) is 13.5 Å². The van der Waals surface area contributed by atoms with Crippen LogP contribution in [0.1, 0.15) is 11.5 Å². The average Bonchev–Trinajstić information content (AvgIpc) is 2.88. The molecule has 1 fully saturated rings. The molecule has 0 saturated carbocycles. The molecule has 0 bridgehead atoms. The van der Waals surface area contributed by atoms with Gasteiger partial charge in [0, 0.05) is 18.7 Å². The van der Waals surface area contributed by atoms with E-state index in [-0.39, 0.29) is 0 Å². The summed E-state index contributed by atoms with van der Waals surface area (Å²) in [5, 5.41) is 8.24. The van der Waals surface area contributed by atoms with Crippen LogP contribution in [-0.2, 0) is 11.3 Å². The molecule has 2 heterocycles. The Morgan fingerprint density at radius 3 is 2.84 bits per heavy atom. The summed E-state index contributed by atoms with van der Waals surface area (Å²) >= 11 is 0. The van der Waals surface area contributed by atoms with Crippen LogP contribution in [0.15, 0.2) is 28.7 Å². The van der Waals surface area contributed by atoms with E-state index in [2.05, 4.69) is 28.1 Å². The van der Waals surface area contributed by atoms with Crippen LogP contribution in [0.25, 0.3) is 11.5 Å². The number of nitrogens with zero attached hydrogens (tertiary/aromatic N) is 3. The molecule has 0 amide bonds. The summed E-state index contributed by atoms with van der Waals surface area (Å²) in [6.07, 6.45) is 0. The molecule has 1 aliphatic heterocycles. The fourth-order valence-corrected chi connectivity index (χ4v) is 2.16. The van der Waals surface area contributed by atoms with Crippen molar-refractivity contribution in [3.05, 3.63) is 35.7 Å². The van der Waals surface area contributed by atoms with E-state index in [0.717, 1.165) is 31.9 Å². The van der Waals surface area contributed by atoms with Crippen molar-refractivity contribution < 1.29 is 9.15 Å². The lowest BCUT2D eigenvalue weighted by atomic mass is 10.1. The highest BCUT2D eigenvalue weighted by atomic mass is 16.5. The minimum Gasteiger partial charge on any atom is -0.419 e. The monoisotopic (exact) mass is 259 g/mol. The summed E-state index contributed by atoms with van der Waals surface area (Å²) in [6, 6.07) is 8.08. The summed E-state index contributed by atoms with van der Waals surface area (Å²) in [5.41, 5.74) is 2.16. The van der Waals surface area contributed by atoms with Crippen LogP contribution < -0.4 is 0 Å². The molecule has 0 aliphatic carbocycles. The van der Waals surface area contributed by atoms with Crippen LogP contribution >= 0.6 is 0 Å². The minimum atomic E-state index is 0.590. The molecule has 1 aromatic carbocycles. The Balaban J connectivity index is 1.72. The van der Waals surface area contributed by atoms with Gasteiger partial charge in [-0.05, 0) is 19.1 Å². The highest BCUT2D eigenvalue weighted by molar-refractivity contribution is 5.53. The Morgan fingerprint density at radius 1 is 1.21 bits per heavy atom. The van der Waals surface area contributed by atoms with Crippen LogP contribution in [0, 0.1) is 6.92 Å². The molecular weight excluding hydrogens is 242 g/mol. The van der Waals surface area contributed by atoms with Gasteiger partial charge < -0.3 is 9.15 Å². The second-order valence-electron chi connectivity index (χ2n) is 4.76. The third kappa shape index (κ3) is 3.00. The van der Waals surface area contributed by atoms with Crippen molar-refractivity contribution in [2.75, 3.05) is 26.3 Å². The van der Waals surface area contributed by atoms with Gasteiger partial charge >= 0.3 is 0 Å². The number of hydrogen-bond acceptors (Lipinski definition) is 5. The standard InChI is InChI=1S/C14H17N3O2/c1-11-3-2-4-12(9-11)14-16-15-13(19-14)10-17-5-7-18-8-6-17/h2-4,9H,5-8,10H2,1H3.